The largest absolute Gasteiger partial charge is 0.423 e. The molecule has 0 unspecified atom stereocenters. The molecule has 1 aromatic rings. The molecule has 0 radical (unpaired) electrons. The van der Waals surface area contributed by atoms with E-state index in [0.29, 0.717) is 18.3 Å². The minimum Gasteiger partial charge on any atom is -0.423 e. The molecule has 0 aliphatic heterocycles. The van der Waals surface area contributed by atoms with Gasteiger partial charge in [0.25, 0.3) is 0 Å². The Bertz CT molecular complexity index is 356. The van der Waals surface area contributed by atoms with Gasteiger partial charge in [0.05, 0.1) is 6.54 Å². The summed E-state index contributed by atoms with van der Waals surface area (Å²) >= 11 is 0. The SMILES string of the molecule is CCC(CC)C(=O)NCc1nnc(C(C)C)o1. The fourth-order valence-electron chi connectivity index (χ4n) is 1.54. The average molecular weight is 239 g/mol. The monoisotopic (exact) mass is 239 g/mol. The minimum atomic E-state index is 0.0549. The van der Waals surface area contributed by atoms with Crippen molar-refractivity contribution in [1.82, 2.24) is 15.5 Å². The van der Waals surface area contributed by atoms with Gasteiger partial charge in [-0.25, -0.2) is 0 Å². The Balaban J connectivity index is 2.47. The lowest BCUT2D eigenvalue weighted by molar-refractivity contribution is -0.125. The minimum absolute atomic E-state index is 0.0549. The number of hydrogen-bond acceptors (Lipinski definition) is 4. The van der Waals surface area contributed by atoms with Crippen molar-refractivity contribution in [3.05, 3.63) is 11.8 Å². The van der Waals surface area contributed by atoms with Gasteiger partial charge in [-0.2, -0.15) is 0 Å². The fourth-order valence-corrected chi connectivity index (χ4v) is 1.54. The van der Waals surface area contributed by atoms with E-state index in [1.807, 2.05) is 27.7 Å². The van der Waals surface area contributed by atoms with Crippen LogP contribution in [-0.2, 0) is 11.3 Å². The van der Waals surface area contributed by atoms with Crippen LogP contribution in [0.2, 0.25) is 0 Å². The van der Waals surface area contributed by atoms with Crippen LogP contribution in [0.4, 0.5) is 0 Å². The van der Waals surface area contributed by atoms with Gasteiger partial charge >= 0.3 is 0 Å². The van der Waals surface area contributed by atoms with E-state index in [2.05, 4.69) is 15.5 Å². The van der Waals surface area contributed by atoms with E-state index < -0.39 is 0 Å². The average Bonchev–Trinajstić information content (AvgIpc) is 2.76. The number of nitrogens with one attached hydrogen (secondary N) is 1. The molecule has 0 fully saturated rings. The van der Waals surface area contributed by atoms with Crippen LogP contribution in [0.5, 0.6) is 0 Å². The van der Waals surface area contributed by atoms with E-state index in [1.54, 1.807) is 0 Å². The first-order chi connectivity index (χ1) is 8.08. The summed E-state index contributed by atoms with van der Waals surface area (Å²) < 4.78 is 5.41. The quantitative estimate of drug-likeness (QED) is 0.826. The van der Waals surface area contributed by atoms with Gasteiger partial charge in [0.2, 0.25) is 17.7 Å². The van der Waals surface area contributed by atoms with Crippen molar-refractivity contribution in [3.8, 4) is 0 Å². The predicted molar refractivity (Wildman–Crippen MR) is 64.3 cm³/mol. The first-order valence-corrected chi connectivity index (χ1v) is 6.18. The number of carbonyl (C=O) groups excluding carboxylic acids is 1. The summed E-state index contributed by atoms with van der Waals surface area (Å²) in [6, 6.07) is 0. The molecule has 1 amide bonds. The second kappa shape index (κ2) is 6.37. The summed E-state index contributed by atoms with van der Waals surface area (Å²) in [4.78, 5) is 11.7. The van der Waals surface area contributed by atoms with E-state index in [-0.39, 0.29) is 17.7 Å². The molecular formula is C12H21N3O2. The van der Waals surface area contributed by atoms with Gasteiger partial charge in [0, 0.05) is 11.8 Å². The van der Waals surface area contributed by atoms with Crippen molar-refractivity contribution in [2.75, 3.05) is 0 Å². The van der Waals surface area contributed by atoms with Gasteiger partial charge in [-0.15, -0.1) is 10.2 Å². The summed E-state index contributed by atoms with van der Waals surface area (Å²) in [5, 5.41) is 10.6. The first kappa shape index (κ1) is 13.7. The molecule has 1 aromatic heterocycles. The Morgan fingerprint density at radius 3 is 2.41 bits per heavy atom. The summed E-state index contributed by atoms with van der Waals surface area (Å²) in [6.07, 6.45) is 1.70. The maximum atomic E-state index is 11.7. The van der Waals surface area contributed by atoms with Crippen LogP contribution >= 0.6 is 0 Å². The zero-order valence-corrected chi connectivity index (χ0v) is 11.0. The van der Waals surface area contributed by atoms with Crippen molar-refractivity contribution >= 4 is 5.91 Å². The maximum absolute atomic E-state index is 11.7. The van der Waals surface area contributed by atoms with Crippen molar-refractivity contribution in [2.45, 2.75) is 53.0 Å². The highest BCUT2D eigenvalue weighted by molar-refractivity contribution is 5.78. The highest BCUT2D eigenvalue weighted by Gasteiger charge is 2.15. The molecule has 0 bridgehead atoms. The Labute approximate surface area is 102 Å². The van der Waals surface area contributed by atoms with Crippen molar-refractivity contribution in [2.24, 2.45) is 5.92 Å². The van der Waals surface area contributed by atoms with Crippen LogP contribution in [-0.4, -0.2) is 16.1 Å². The molecule has 0 atom stereocenters. The van der Waals surface area contributed by atoms with Gasteiger partial charge in [-0.1, -0.05) is 27.7 Å². The van der Waals surface area contributed by atoms with Gasteiger partial charge in [-0.05, 0) is 12.8 Å². The number of aromatic nitrogens is 2. The predicted octanol–water partition coefficient (Wildman–Crippen LogP) is 2.25. The Hall–Kier alpha value is -1.39. The van der Waals surface area contributed by atoms with Crippen LogP contribution in [0, 0.1) is 5.92 Å². The van der Waals surface area contributed by atoms with Crippen LogP contribution < -0.4 is 5.32 Å². The summed E-state index contributed by atoms with van der Waals surface area (Å²) in [7, 11) is 0. The van der Waals surface area contributed by atoms with Crippen molar-refractivity contribution in [3.63, 3.8) is 0 Å². The number of rotatable bonds is 6. The Morgan fingerprint density at radius 2 is 1.94 bits per heavy atom. The molecule has 0 aliphatic rings. The highest BCUT2D eigenvalue weighted by atomic mass is 16.4. The molecule has 1 N–H and O–H groups in total. The number of carbonyl (C=O) groups is 1. The molecule has 1 rings (SSSR count). The summed E-state index contributed by atoms with van der Waals surface area (Å²) in [5.74, 6) is 1.41. The molecule has 0 saturated heterocycles. The van der Waals surface area contributed by atoms with E-state index in [9.17, 15) is 4.79 Å². The summed E-state index contributed by atoms with van der Waals surface area (Å²) in [6.45, 7) is 8.31. The van der Waals surface area contributed by atoms with E-state index in [4.69, 9.17) is 4.42 Å². The van der Waals surface area contributed by atoms with E-state index >= 15 is 0 Å². The molecule has 0 saturated carbocycles. The summed E-state index contributed by atoms with van der Waals surface area (Å²) in [5.41, 5.74) is 0. The van der Waals surface area contributed by atoms with Crippen LogP contribution in [0.1, 0.15) is 58.2 Å². The maximum Gasteiger partial charge on any atom is 0.235 e. The molecule has 0 aliphatic carbocycles. The van der Waals surface area contributed by atoms with Gasteiger partial charge in [0.1, 0.15) is 0 Å². The van der Waals surface area contributed by atoms with Crippen LogP contribution in [0.25, 0.3) is 0 Å². The highest BCUT2D eigenvalue weighted by Crippen LogP contribution is 2.12. The molecule has 96 valence electrons. The molecule has 17 heavy (non-hydrogen) atoms. The third-order valence-electron chi connectivity index (χ3n) is 2.75. The van der Waals surface area contributed by atoms with Crippen LogP contribution in [0.3, 0.4) is 0 Å². The van der Waals surface area contributed by atoms with Crippen molar-refractivity contribution < 1.29 is 9.21 Å². The normalized spacial score (nSPS) is 11.2. The lowest BCUT2D eigenvalue weighted by atomic mass is 10.0. The number of hydrogen-bond donors (Lipinski definition) is 1. The third-order valence-corrected chi connectivity index (χ3v) is 2.75. The fraction of sp³-hybridized carbons (Fsp3) is 0.750. The zero-order valence-electron chi connectivity index (χ0n) is 11.0. The number of amides is 1. The third kappa shape index (κ3) is 3.84. The smallest absolute Gasteiger partial charge is 0.235 e. The van der Waals surface area contributed by atoms with Crippen LogP contribution in [0.15, 0.2) is 4.42 Å². The van der Waals surface area contributed by atoms with Gasteiger partial charge in [-0.3, -0.25) is 4.79 Å². The zero-order chi connectivity index (χ0) is 12.8. The second-order valence-electron chi connectivity index (χ2n) is 4.42. The van der Waals surface area contributed by atoms with Gasteiger partial charge < -0.3 is 9.73 Å². The molecule has 0 aromatic carbocycles. The number of nitrogens with zero attached hydrogens (tertiary/aromatic N) is 2. The molecule has 1 heterocycles. The Kier molecular flexibility index (Phi) is 5.12. The van der Waals surface area contributed by atoms with Gasteiger partial charge in [0.15, 0.2) is 0 Å². The lowest BCUT2D eigenvalue weighted by Crippen LogP contribution is -2.29. The molecular weight excluding hydrogens is 218 g/mol. The topological polar surface area (TPSA) is 68.0 Å². The molecule has 5 nitrogen and oxygen atoms in total. The van der Waals surface area contributed by atoms with Crippen molar-refractivity contribution in [1.29, 1.82) is 0 Å². The molecule has 5 heteroatoms. The first-order valence-electron chi connectivity index (χ1n) is 6.18. The Morgan fingerprint density at radius 1 is 1.29 bits per heavy atom. The standard InChI is InChI=1S/C12H21N3O2/c1-5-9(6-2)11(16)13-7-10-14-15-12(17-10)8(3)4/h8-9H,5-7H2,1-4H3,(H,13,16). The molecule has 0 spiro atoms. The van der Waals surface area contributed by atoms with E-state index in [1.165, 1.54) is 0 Å². The lowest BCUT2D eigenvalue weighted by Gasteiger charge is -2.11. The van der Waals surface area contributed by atoms with E-state index in [0.717, 1.165) is 12.8 Å². The second-order valence-corrected chi connectivity index (χ2v) is 4.42.